The Morgan fingerprint density at radius 3 is 3.14 bits per heavy atom. The lowest BCUT2D eigenvalue weighted by atomic mass is 10.2. The maximum atomic E-state index is 13.4. The zero-order valence-electron chi connectivity index (χ0n) is 10.8. The van der Waals surface area contributed by atoms with E-state index in [4.69, 9.17) is 4.74 Å². The topological polar surface area (TPSA) is 42.4 Å². The molecule has 3 rings (SSSR count). The minimum absolute atomic E-state index is 0.00261. The number of ether oxygens (including phenoxy) is 1. The van der Waals surface area contributed by atoms with Crippen molar-refractivity contribution in [3.8, 4) is 0 Å². The first kappa shape index (κ1) is 13.7. The van der Waals surface area contributed by atoms with Gasteiger partial charge in [-0.25, -0.2) is 18.6 Å². The number of nitrogens with zero attached hydrogens (tertiary/aromatic N) is 2. The van der Waals surface area contributed by atoms with E-state index in [0.717, 1.165) is 15.9 Å². The van der Waals surface area contributed by atoms with Crippen molar-refractivity contribution in [1.82, 2.24) is 9.88 Å². The Hall–Kier alpha value is -2.28. The minimum Gasteiger partial charge on any atom is -0.444 e. The van der Waals surface area contributed by atoms with Crippen LogP contribution in [0.3, 0.4) is 0 Å². The molecule has 1 aliphatic heterocycles. The zero-order valence-corrected chi connectivity index (χ0v) is 11.6. The third-order valence-electron chi connectivity index (χ3n) is 3.00. The second kappa shape index (κ2) is 5.61. The molecular formula is C14H10F2N2O2S. The van der Waals surface area contributed by atoms with Gasteiger partial charge in [-0.15, -0.1) is 11.3 Å². The van der Waals surface area contributed by atoms with Gasteiger partial charge in [0.1, 0.15) is 6.61 Å². The molecule has 0 saturated heterocycles. The fraction of sp³-hybridized carbons (Fsp3) is 0.143. The van der Waals surface area contributed by atoms with Crippen molar-refractivity contribution < 1.29 is 18.3 Å². The van der Waals surface area contributed by atoms with E-state index < -0.39 is 17.7 Å². The smallest absolute Gasteiger partial charge is 0.414 e. The summed E-state index contributed by atoms with van der Waals surface area (Å²) in [6.45, 7) is 0.0174. The quantitative estimate of drug-likeness (QED) is 0.846. The van der Waals surface area contributed by atoms with Crippen molar-refractivity contribution in [2.24, 2.45) is 0 Å². The standard InChI is InChI=1S/C14H10F2N2O2S/c15-10-3-1-2-9(13(10)16)7-20-14(19)18-5-4-11-12(6-18)21-8-17-11/h1-4,6,8H,5,7H2. The summed E-state index contributed by atoms with van der Waals surface area (Å²) in [7, 11) is 0. The van der Waals surface area contributed by atoms with Crippen LogP contribution < -0.4 is 9.88 Å². The molecule has 1 aromatic heterocycles. The molecule has 0 saturated carbocycles. The predicted octanol–water partition coefficient (Wildman–Crippen LogP) is 1.59. The number of thiazole rings is 1. The lowest BCUT2D eigenvalue weighted by molar-refractivity contribution is 0.116. The molecule has 2 heterocycles. The summed E-state index contributed by atoms with van der Waals surface area (Å²) in [5.74, 6) is -1.96. The van der Waals surface area contributed by atoms with Crippen LogP contribution in [0.5, 0.6) is 0 Å². The third kappa shape index (κ3) is 2.78. The molecule has 0 aliphatic carbocycles. The summed E-state index contributed by atoms with van der Waals surface area (Å²) in [5, 5.41) is 0.834. The number of rotatable bonds is 2. The average Bonchev–Trinajstić information content (AvgIpc) is 2.96. The highest BCUT2D eigenvalue weighted by Crippen LogP contribution is 2.13. The van der Waals surface area contributed by atoms with E-state index in [1.54, 1.807) is 17.8 Å². The van der Waals surface area contributed by atoms with Crippen LogP contribution in [0.15, 0.2) is 23.7 Å². The maximum Gasteiger partial charge on any atom is 0.414 e. The minimum atomic E-state index is -0.996. The van der Waals surface area contributed by atoms with Crippen LogP contribution in [0, 0.1) is 11.6 Å². The molecule has 0 atom stereocenters. The molecule has 21 heavy (non-hydrogen) atoms. The molecule has 0 fully saturated rings. The van der Waals surface area contributed by atoms with Gasteiger partial charge in [-0.05, 0) is 12.1 Å². The molecule has 108 valence electrons. The van der Waals surface area contributed by atoms with E-state index in [9.17, 15) is 13.6 Å². The van der Waals surface area contributed by atoms with Crippen LogP contribution in [-0.2, 0) is 11.3 Å². The summed E-state index contributed by atoms with van der Waals surface area (Å²) < 4.78 is 32.4. The lowest BCUT2D eigenvalue weighted by Gasteiger charge is -2.17. The van der Waals surface area contributed by atoms with Crippen LogP contribution >= 0.6 is 11.3 Å². The first-order valence-electron chi connectivity index (χ1n) is 6.13. The molecule has 1 amide bonds. The number of fused-ring (bicyclic) bond motifs is 1. The SMILES string of the molecule is O=C(OCc1cccc(F)c1F)N1C=c2scnc2=CC1. The highest BCUT2D eigenvalue weighted by molar-refractivity contribution is 7.07. The van der Waals surface area contributed by atoms with Crippen LogP contribution in [-0.4, -0.2) is 22.5 Å². The monoisotopic (exact) mass is 308 g/mol. The summed E-state index contributed by atoms with van der Waals surface area (Å²) in [4.78, 5) is 17.4. The Morgan fingerprint density at radius 1 is 1.43 bits per heavy atom. The molecule has 0 N–H and O–H groups in total. The summed E-state index contributed by atoms with van der Waals surface area (Å²) >= 11 is 1.41. The van der Waals surface area contributed by atoms with Crippen molar-refractivity contribution in [3.05, 3.63) is 50.8 Å². The third-order valence-corrected chi connectivity index (χ3v) is 3.77. The predicted molar refractivity (Wildman–Crippen MR) is 73.5 cm³/mol. The maximum absolute atomic E-state index is 13.4. The Labute approximate surface area is 122 Å². The van der Waals surface area contributed by atoms with Crippen molar-refractivity contribution in [2.75, 3.05) is 6.54 Å². The van der Waals surface area contributed by atoms with Gasteiger partial charge in [-0.2, -0.15) is 0 Å². The Balaban J connectivity index is 1.69. The Bertz CT molecular complexity index is 804. The molecule has 7 heteroatoms. The molecular weight excluding hydrogens is 298 g/mol. The largest absolute Gasteiger partial charge is 0.444 e. The average molecular weight is 308 g/mol. The van der Waals surface area contributed by atoms with E-state index in [0.29, 0.717) is 6.54 Å². The first-order chi connectivity index (χ1) is 10.1. The number of carbonyl (C=O) groups excluding carboxylic acids is 1. The molecule has 1 aliphatic rings. The van der Waals surface area contributed by atoms with Gasteiger partial charge in [0.25, 0.3) is 0 Å². The molecule has 2 aromatic rings. The lowest BCUT2D eigenvalue weighted by Crippen LogP contribution is -2.37. The van der Waals surface area contributed by atoms with Crippen molar-refractivity contribution in [3.63, 3.8) is 0 Å². The van der Waals surface area contributed by atoms with E-state index in [2.05, 4.69) is 4.98 Å². The van der Waals surface area contributed by atoms with E-state index in [1.807, 2.05) is 0 Å². The Kier molecular flexibility index (Phi) is 3.66. The van der Waals surface area contributed by atoms with Gasteiger partial charge in [0.05, 0.1) is 15.4 Å². The number of aromatic nitrogens is 1. The van der Waals surface area contributed by atoms with Crippen molar-refractivity contribution in [1.29, 1.82) is 0 Å². The second-order valence-corrected chi connectivity index (χ2v) is 5.24. The molecule has 0 bridgehead atoms. The zero-order chi connectivity index (χ0) is 14.8. The normalized spacial score (nSPS) is 13.1. The van der Waals surface area contributed by atoms with Crippen LogP contribution in [0.25, 0.3) is 12.3 Å². The van der Waals surface area contributed by atoms with Crippen LogP contribution in [0.2, 0.25) is 0 Å². The highest BCUT2D eigenvalue weighted by atomic mass is 32.1. The Morgan fingerprint density at radius 2 is 2.29 bits per heavy atom. The second-order valence-electron chi connectivity index (χ2n) is 4.35. The fourth-order valence-electron chi connectivity index (χ4n) is 1.90. The molecule has 4 nitrogen and oxygen atoms in total. The van der Waals surface area contributed by atoms with Gasteiger partial charge in [-0.1, -0.05) is 12.1 Å². The number of hydrogen-bond donors (Lipinski definition) is 0. The fourth-order valence-corrected chi connectivity index (χ4v) is 2.63. The highest BCUT2D eigenvalue weighted by Gasteiger charge is 2.16. The first-order valence-corrected chi connectivity index (χ1v) is 7.01. The van der Waals surface area contributed by atoms with Crippen LogP contribution in [0.1, 0.15) is 5.56 Å². The van der Waals surface area contributed by atoms with E-state index in [1.165, 1.54) is 28.4 Å². The number of amides is 1. The molecule has 0 unspecified atom stereocenters. The molecule has 1 aromatic carbocycles. The van der Waals surface area contributed by atoms with E-state index in [-0.39, 0.29) is 12.2 Å². The van der Waals surface area contributed by atoms with Crippen molar-refractivity contribution >= 4 is 29.7 Å². The van der Waals surface area contributed by atoms with Gasteiger partial charge < -0.3 is 4.74 Å². The van der Waals surface area contributed by atoms with Gasteiger partial charge >= 0.3 is 6.09 Å². The number of hydrogen-bond acceptors (Lipinski definition) is 4. The van der Waals surface area contributed by atoms with Gasteiger partial charge in [0, 0.05) is 18.3 Å². The van der Waals surface area contributed by atoms with Crippen LogP contribution in [0.4, 0.5) is 13.6 Å². The molecule has 0 spiro atoms. The van der Waals surface area contributed by atoms with Gasteiger partial charge in [0.2, 0.25) is 0 Å². The number of carbonyl (C=O) groups is 1. The van der Waals surface area contributed by atoms with Gasteiger partial charge in [0.15, 0.2) is 11.6 Å². The number of halogens is 2. The molecule has 0 radical (unpaired) electrons. The van der Waals surface area contributed by atoms with E-state index >= 15 is 0 Å². The summed E-state index contributed by atoms with van der Waals surface area (Å²) in [6, 6.07) is 3.75. The summed E-state index contributed by atoms with van der Waals surface area (Å²) in [6.07, 6.45) is 2.82. The number of benzene rings is 1. The van der Waals surface area contributed by atoms with Crippen molar-refractivity contribution in [2.45, 2.75) is 6.61 Å². The van der Waals surface area contributed by atoms with Gasteiger partial charge in [-0.3, -0.25) is 4.90 Å². The summed E-state index contributed by atoms with van der Waals surface area (Å²) in [5.41, 5.74) is 1.69.